The van der Waals surface area contributed by atoms with Crippen molar-refractivity contribution in [2.45, 2.75) is 32.2 Å². The second-order valence-corrected chi connectivity index (χ2v) is 7.48. The topological polar surface area (TPSA) is 101 Å². The van der Waals surface area contributed by atoms with E-state index < -0.39 is 5.92 Å². The number of likely N-dealkylation sites (tertiary alicyclic amines) is 1. The van der Waals surface area contributed by atoms with Crippen LogP contribution in [0.1, 0.15) is 37.8 Å². The van der Waals surface area contributed by atoms with Gasteiger partial charge in [-0.1, -0.05) is 25.5 Å². The van der Waals surface area contributed by atoms with Crippen molar-refractivity contribution in [1.29, 1.82) is 0 Å². The molecule has 2 unspecified atom stereocenters. The minimum absolute atomic E-state index is 0.0470. The van der Waals surface area contributed by atoms with E-state index >= 15 is 0 Å². The van der Waals surface area contributed by atoms with E-state index in [1.165, 1.54) is 6.20 Å². The van der Waals surface area contributed by atoms with Crippen LogP contribution in [-0.4, -0.2) is 47.8 Å². The third-order valence-corrected chi connectivity index (χ3v) is 5.35. The SMILES string of the molecule is CCCCN1C(=O)CC(C(=O)NCC(=O)Nc2cccnc2)C1c1ccc(OC)cc1. The molecule has 8 heteroatoms. The van der Waals surface area contributed by atoms with Crippen LogP contribution < -0.4 is 15.4 Å². The third kappa shape index (κ3) is 5.59. The van der Waals surface area contributed by atoms with Crippen LogP contribution in [0.3, 0.4) is 0 Å². The van der Waals surface area contributed by atoms with Gasteiger partial charge in [0.25, 0.3) is 0 Å². The van der Waals surface area contributed by atoms with Gasteiger partial charge in [0.1, 0.15) is 5.75 Å². The van der Waals surface area contributed by atoms with E-state index in [1.54, 1.807) is 30.3 Å². The second-order valence-electron chi connectivity index (χ2n) is 7.48. The van der Waals surface area contributed by atoms with Gasteiger partial charge in [0.05, 0.1) is 37.5 Å². The van der Waals surface area contributed by atoms with Crippen molar-refractivity contribution in [3.63, 3.8) is 0 Å². The molecule has 3 rings (SSSR count). The first-order valence-electron chi connectivity index (χ1n) is 10.4. The highest BCUT2D eigenvalue weighted by atomic mass is 16.5. The number of rotatable bonds is 9. The van der Waals surface area contributed by atoms with Crippen molar-refractivity contribution in [3.8, 4) is 5.75 Å². The summed E-state index contributed by atoms with van der Waals surface area (Å²) in [4.78, 5) is 43.6. The number of benzene rings is 1. The molecule has 2 N–H and O–H groups in total. The number of methoxy groups -OCH3 is 1. The first-order chi connectivity index (χ1) is 15.0. The first kappa shape index (κ1) is 22.3. The number of anilines is 1. The fraction of sp³-hybridized carbons (Fsp3) is 0.391. The van der Waals surface area contributed by atoms with Crippen LogP contribution in [0.5, 0.6) is 5.75 Å². The number of nitrogens with zero attached hydrogens (tertiary/aromatic N) is 2. The van der Waals surface area contributed by atoms with Gasteiger partial charge >= 0.3 is 0 Å². The number of aromatic nitrogens is 1. The van der Waals surface area contributed by atoms with Crippen molar-refractivity contribution in [2.24, 2.45) is 5.92 Å². The fourth-order valence-electron chi connectivity index (χ4n) is 3.77. The highest BCUT2D eigenvalue weighted by Gasteiger charge is 2.44. The van der Waals surface area contributed by atoms with Gasteiger partial charge in [0.15, 0.2) is 0 Å². The standard InChI is InChI=1S/C23H28N4O4/c1-3-4-12-27-21(29)13-19(22(27)16-7-9-18(31-2)10-8-16)23(30)25-15-20(28)26-17-6-5-11-24-14-17/h5-11,14,19,22H,3-4,12-13,15H2,1-2H3,(H,25,30)(H,26,28). The molecule has 1 aliphatic heterocycles. The summed E-state index contributed by atoms with van der Waals surface area (Å²) in [5, 5.41) is 5.37. The molecular formula is C23H28N4O4. The number of unbranched alkanes of at least 4 members (excludes halogenated alkanes) is 1. The molecule has 0 aliphatic carbocycles. The second kappa shape index (κ2) is 10.6. The van der Waals surface area contributed by atoms with Gasteiger partial charge in [-0.05, 0) is 36.2 Å². The molecule has 2 heterocycles. The zero-order valence-electron chi connectivity index (χ0n) is 17.8. The van der Waals surface area contributed by atoms with Gasteiger partial charge in [-0.3, -0.25) is 19.4 Å². The Morgan fingerprint density at radius 1 is 1.23 bits per heavy atom. The van der Waals surface area contributed by atoms with Gasteiger partial charge in [0, 0.05) is 19.2 Å². The average Bonchev–Trinajstić information content (AvgIpc) is 3.12. The summed E-state index contributed by atoms with van der Waals surface area (Å²) < 4.78 is 5.22. The van der Waals surface area contributed by atoms with Crippen molar-refractivity contribution in [1.82, 2.24) is 15.2 Å². The molecule has 0 bridgehead atoms. The van der Waals surface area contributed by atoms with Crippen LogP contribution in [0, 0.1) is 5.92 Å². The van der Waals surface area contributed by atoms with Crippen LogP contribution >= 0.6 is 0 Å². The molecule has 1 aromatic heterocycles. The number of amides is 3. The van der Waals surface area contributed by atoms with Gasteiger partial charge in [-0.25, -0.2) is 0 Å². The summed E-state index contributed by atoms with van der Waals surface area (Å²) in [6, 6.07) is 10.5. The number of hydrogen-bond acceptors (Lipinski definition) is 5. The predicted octanol–water partition coefficient (Wildman–Crippen LogP) is 2.53. The molecule has 0 radical (unpaired) electrons. The zero-order valence-corrected chi connectivity index (χ0v) is 17.8. The Kier molecular flexibility index (Phi) is 7.59. The van der Waals surface area contributed by atoms with Gasteiger partial charge in [-0.2, -0.15) is 0 Å². The quantitative estimate of drug-likeness (QED) is 0.644. The Morgan fingerprint density at radius 2 is 2.00 bits per heavy atom. The van der Waals surface area contributed by atoms with Crippen LogP contribution in [0.4, 0.5) is 5.69 Å². The maximum atomic E-state index is 13.0. The molecule has 1 aliphatic rings. The Labute approximate surface area is 182 Å². The molecule has 1 saturated heterocycles. The Balaban J connectivity index is 1.70. The molecule has 8 nitrogen and oxygen atoms in total. The zero-order chi connectivity index (χ0) is 22.2. The fourth-order valence-corrected chi connectivity index (χ4v) is 3.77. The maximum absolute atomic E-state index is 13.0. The highest BCUT2D eigenvalue weighted by Crippen LogP contribution is 2.39. The van der Waals surface area contributed by atoms with Crippen LogP contribution in [0.2, 0.25) is 0 Å². The summed E-state index contributed by atoms with van der Waals surface area (Å²) in [5.74, 6) is -0.566. The number of carbonyl (C=O) groups is 3. The van der Waals surface area contributed by atoms with Crippen molar-refractivity contribution >= 4 is 23.4 Å². The summed E-state index contributed by atoms with van der Waals surface area (Å²) in [6.45, 7) is 2.48. The number of carbonyl (C=O) groups excluding carboxylic acids is 3. The van der Waals surface area contributed by atoms with Crippen molar-refractivity contribution in [2.75, 3.05) is 25.5 Å². The van der Waals surface area contributed by atoms with Crippen LogP contribution in [0.25, 0.3) is 0 Å². The molecule has 1 aromatic carbocycles. The summed E-state index contributed by atoms with van der Waals surface area (Å²) in [7, 11) is 1.59. The van der Waals surface area contributed by atoms with Crippen molar-refractivity contribution < 1.29 is 19.1 Å². The lowest BCUT2D eigenvalue weighted by Gasteiger charge is -2.28. The van der Waals surface area contributed by atoms with E-state index in [0.717, 1.165) is 18.4 Å². The smallest absolute Gasteiger partial charge is 0.243 e. The van der Waals surface area contributed by atoms with E-state index in [-0.39, 0.29) is 36.7 Å². The van der Waals surface area contributed by atoms with E-state index in [9.17, 15) is 14.4 Å². The van der Waals surface area contributed by atoms with E-state index in [4.69, 9.17) is 4.74 Å². The average molecular weight is 425 g/mol. The molecule has 31 heavy (non-hydrogen) atoms. The number of hydrogen-bond donors (Lipinski definition) is 2. The Morgan fingerprint density at radius 3 is 2.65 bits per heavy atom. The van der Waals surface area contributed by atoms with Crippen LogP contribution in [-0.2, 0) is 14.4 Å². The van der Waals surface area contributed by atoms with Crippen molar-refractivity contribution in [3.05, 3.63) is 54.4 Å². The Bertz CT molecular complexity index is 902. The number of ether oxygens (including phenoxy) is 1. The van der Waals surface area contributed by atoms with E-state index in [0.29, 0.717) is 18.0 Å². The van der Waals surface area contributed by atoms with E-state index in [1.807, 2.05) is 24.3 Å². The van der Waals surface area contributed by atoms with Gasteiger partial charge in [0.2, 0.25) is 17.7 Å². The lowest BCUT2D eigenvalue weighted by Crippen LogP contribution is -2.39. The van der Waals surface area contributed by atoms with Gasteiger partial charge < -0.3 is 20.3 Å². The molecule has 0 saturated carbocycles. The maximum Gasteiger partial charge on any atom is 0.243 e. The highest BCUT2D eigenvalue weighted by molar-refractivity contribution is 5.96. The number of nitrogens with one attached hydrogen (secondary N) is 2. The largest absolute Gasteiger partial charge is 0.497 e. The summed E-state index contributed by atoms with van der Waals surface area (Å²) >= 11 is 0. The minimum atomic E-state index is -0.566. The number of pyridine rings is 1. The van der Waals surface area contributed by atoms with E-state index in [2.05, 4.69) is 22.5 Å². The first-order valence-corrected chi connectivity index (χ1v) is 10.4. The molecule has 3 amide bonds. The minimum Gasteiger partial charge on any atom is -0.497 e. The molecule has 1 fully saturated rings. The monoisotopic (exact) mass is 424 g/mol. The van der Waals surface area contributed by atoms with Crippen LogP contribution in [0.15, 0.2) is 48.8 Å². The predicted molar refractivity (Wildman–Crippen MR) is 116 cm³/mol. The lowest BCUT2D eigenvalue weighted by molar-refractivity contribution is -0.129. The molecule has 2 aromatic rings. The normalized spacial score (nSPS) is 18.0. The molecule has 164 valence electrons. The summed E-state index contributed by atoms with van der Waals surface area (Å²) in [6.07, 6.45) is 5.07. The summed E-state index contributed by atoms with van der Waals surface area (Å²) in [5.41, 5.74) is 1.43. The molecular weight excluding hydrogens is 396 g/mol. The third-order valence-electron chi connectivity index (χ3n) is 5.35. The lowest BCUT2D eigenvalue weighted by atomic mass is 9.92. The molecule has 2 atom stereocenters. The molecule has 0 spiro atoms. The Hall–Kier alpha value is -3.42. The van der Waals surface area contributed by atoms with Gasteiger partial charge in [-0.15, -0.1) is 0 Å².